The largest absolute Gasteiger partial charge is 0.504 e. The first-order valence-electron chi connectivity index (χ1n) is 14.9. The second-order valence-corrected chi connectivity index (χ2v) is 12.3. The summed E-state index contributed by atoms with van der Waals surface area (Å²) in [4.78, 5) is 51.2. The van der Waals surface area contributed by atoms with E-state index in [4.69, 9.17) is 23.7 Å². The van der Waals surface area contributed by atoms with Crippen molar-refractivity contribution in [3.05, 3.63) is 46.2 Å². The molecule has 0 spiro atoms. The second kappa shape index (κ2) is 16.3. The van der Waals surface area contributed by atoms with Gasteiger partial charge in [-0.25, -0.2) is 0 Å². The molecule has 4 rings (SSSR count). The highest BCUT2D eigenvalue weighted by molar-refractivity contribution is 7.21. The number of rotatable bonds is 17. The van der Waals surface area contributed by atoms with Crippen LogP contribution in [0.15, 0.2) is 36.4 Å². The molecule has 0 fully saturated rings. The Hall–Kier alpha value is -4.36. The summed E-state index contributed by atoms with van der Waals surface area (Å²) < 4.78 is 28.7. The molecule has 0 radical (unpaired) electrons. The zero-order valence-corrected chi connectivity index (χ0v) is 27.8. The minimum Gasteiger partial charge on any atom is -0.504 e. The van der Waals surface area contributed by atoms with Gasteiger partial charge in [0.05, 0.1) is 56.1 Å². The molecule has 2 heterocycles. The molecule has 0 saturated carbocycles. The number of thiophene rings is 2. The average molecular weight is 672 g/mol. The quantitative estimate of drug-likeness (QED) is 0.0781. The van der Waals surface area contributed by atoms with E-state index in [2.05, 4.69) is 0 Å². The lowest BCUT2D eigenvalue weighted by Gasteiger charge is -2.15. The first-order valence-corrected chi connectivity index (χ1v) is 16.5. The number of carbonyl (C=O) groups excluding carboxylic acids is 4. The Bertz CT molecular complexity index is 1710. The van der Waals surface area contributed by atoms with Crippen molar-refractivity contribution in [1.29, 1.82) is 0 Å². The van der Waals surface area contributed by atoms with Crippen molar-refractivity contribution < 1.29 is 48.0 Å². The minimum atomic E-state index is -0.394. The molecule has 13 heteroatoms. The molecule has 0 saturated heterocycles. The number of aromatic hydroxyl groups is 1. The van der Waals surface area contributed by atoms with Gasteiger partial charge in [-0.2, -0.15) is 0 Å². The van der Waals surface area contributed by atoms with Crippen LogP contribution in [-0.2, 0) is 19.1 Å². The number of ether oxygens (including phenoxy) is 5. The van der Waals surface area contributed by atoms with Crippen LogP contribution in [0.5, 0.6) is 23.0 Å². The van der Waals surface area contributed by atoms with E-state index in [-0.39, 0.29) is 68.2 Å². The number of nitrogens with zero attached hydrogens (tertiary/aromatic N) is 1. The smallest absolute Gasteiger partial charge is 0.307 e. The topological polar surface area (TPSA) is 138 Å². The molecule has 0 aliphatic rings. The maximum atomic E-state index is 12.9. The Morgan fingerprint density at radius 3 is 2.00 bits per heavy atom. The molecular formula is C33H37NO10S2. The summed E-state index contributed by atoms with van der Waals surface area (Å²) in [6.07, 6.45) is 0.729. The second-order valence-electron chi connectivity index (χ2n) is 10.2. The normalized spacial score (nSPS) is 11.0. The predicted octanol–water partition coefficient (Wildman–Crippen LogP) is 6.23. The van der Waals surface area contributed by atoms with Crippen LogP contribution in [0.3, 0.4) is 0 Å². The first kappa shape index (κ1) is 34.5. The Balaban J connectivity index is 1.31. The van der Waals surface area contributed by atoms with Crippen molar-refractivity contribution in [2.45, 2.75) is 39.5 Å². The summed E-state index contributed by atoms with van der Waals surface area (Å²) in [7, 11) is 3.17. The Morgan fingerprint density at radius 2 is 1.33 bits per heavy atom. The third kappa shape index (κ3) is 8.88. The van der Waals surface area contributed by atoms with E-state index in [1.54, 1.807) is 52.3 Å². The van der Waals surface area contributed by atoms with Crippen LogP contribution in [-0.4, -0.2) is 80.8 Å². The highest BCUT2D eigenvalue weighted by Crippen LogP contribution is 2.38. The third-order valence-electron chi connectivity index (χ3n) is 6.85. The third-order valence-corrected chi connectivity index (χ3v) is 9.08. The molecule has 4 aromatic rings. The summed E-state index contributed by atoms with van der Waals surface area (Å²) >= 11 is 2.58. The number of ketones is 1. The van der Waals surface area contributed by atoms with Gasteiger partial charge in [0.1, 0.15) is 0 Å². The van der Waals surface area contributed by atoms with Crippen molar-refractivity contribution in [1.82, 2.24) is 4.90 Å². The van der Waals surface area contributed by atoms with Crippen molar-refractivity contribution in [2.24, 2.45) is 0 Å². The summed E-state index contributed by atoms with van der Waals surface area (Å²) in [5, 5.41) is 12.1. The Labute approximate surface area is 274 Å². The maximum absolute atomic E-state index is 12.9. The van der Waals surface area contributed by atoms with Crippen LogP contribution >= 0.6 is 22.7 Å². The van der Waals surface area contributed by atoms with Crippen LogP contribution in [0.1, 0.15) is 58.9 Å². The van der Waals surface area contributed by atoms with Crippen molar-refractivity contribution in [2.75, 3.05) is 47.1 Å². The Morgan fingerprint density at radius 1 is 0.739 bits per heavy atom. The molecule has 0 bridgehead atoms. The Kier molecular flexibility index (Phi) is 12.2. The minimum absolute atomic E-state index is 0.0394. The maximum Gasteiger partial charge on any atom is 0.307 e. The van der Waals surface area contributed by atoms with E-state index < -0.39 is 5.97 Å². The number of amides is 1. The van der Waals surface area contributed by atoms with Crippen molar-refractivity contribution >= 4 is 66.5 Å². The molecule has 2 aromatic carbocycles. The predicted molar refractivity (Wildman–Crippen MR) is 176 cm³/mol. The van der Waals surface area contributed by atoms with E-state index in [1.807, 2.05) is 12.1 Å². The lowest BCUT2D eigenvalue weighted by atomic mass is 10.1. The molecule has 0 aliphatic heterocycles. The molecule has 0 atom stereocenters. The first-order chi connectivity index (χ1) is 22.1. The monoisotopic (exact) mass is 671 g/mol. The fourth-order valence-corrected chi connectivity index (χ4v) is 6.62. The van der Waals surface area contributed by atoms with Crippen LogP contribution in [0, 0.1) is 0 Å². The molecule has 0 unspecified atom stereocenters. The van der Waals surface area contributed by atoms with E-state index >= 15 is 0 Å². The van der Waals surface area contributed by atoms with Gasteiger partial charge in [-0.3, -0.25) is 19.2 Å². The van der Waals surface area contributed by atoms with Gasteiger partial charge in [0.15, 0.2) is 28.8 Å². The number of fused-ring (bicyclic) bond motifs is 2. The highest BCUT2D eigenvalue weighted by atomic mass is 32.1. The standard InChI is InChI=1S/C33H37NO10S2/c1-5-41-31(37)9-8-22(35)29-16-21-15-26(25(40-4)19-28(21)45-29)44-13-7-12-43-24-14-20-17-30(46-27(20)18-23(24)36)33(39)34(3)11-10-32(38)42-6-2/h14-19,36H,5-13H2,1-4H3. The van der Waals surface area contributed by atoms with Gasteiger partial charge < -0.3 is 33.7 Å². The van der Waals surface area contributed by atoms with E-state index in [0.717, 1.165) is 20.2 Å². The van der Waals surface area contributed by atoms with Gasteiger partial charge in [0.2, 0.25) is 0 Å². The number of phenolic OH excluding ortho intramolecular Hbond substituents is 1. The molecule has 46 heavy (non-hydrogen) atoms. The fourth-order valence-electron chi connectivity index (χ4n) is 4.51. The fraction of sp³-hybridized carbons (Fsp3) is 0.394. The summed E-state index contributed by atoms with van der Waals surface area (Å²) in [6, 6.07) is 10.4. The number of hydrogen-bond acceptors (Lipinski definition) is 12. The van der Waals surface area contributed by atoms with E-state index in [9.17, 15) is 24.3 Å². The van der Waals surface area contributed by atoms with Crippen LogP contribution < -0.4 is 14.2 Å². The number of carbonyl (C=O) groups is 4. The van der Waals surface area contributed by atoms with Gasteiger partial charge in [-0.05, 0) is 48.9 Å². The lowest BCUT2D eigenvalue weighted by Crippen LogP contribution is -2.28. The van der Waals surface area contributed by atoms with Gasteiger partial charge in [0, 0.05) is 48.0 Å². The average Bonchev–Trinajstić information content (AvgIpc) is 3.65. The lowest BCUT2D eigenvalue weighted by molar-refractivity contribution is -0.144. The van der Waals surface area contributed by atoms with Gasteiger partial charge in [-0.15, -0.1) is 22.7 Å². The summed E-state index contributed by atoms with van der Waals surface area (Å²) in [6.45, 7) is 4.83. The molecule has 1 amide bonds. The van der Waals surface area contributed by atoms with Crippen LogP contribution in [0.2, 0.25) is 0 Å². The number of benzene rings is 2. The zero-order valence-electron chi connectivity index (χ0n) is 26.2. The van der Waals surface area contributed by atoms with Crippen LogP contribution in [0.4, 0.5) is 0 Å². The summed E-state index contributed by atoms with van der Waals surface area (Å²) in [5.74, 6) is 0.193. The van der Waals surface area contributed by atoms with Crippen molar-refractivity contribution in [3.8, 4) is 23.0 Å². The molecule has 246 valence electrons. The zero-order chi connectivity index (χ0) is 33.2. The SMILES string of the molecule is CCOC(=O)CCC(=O)c1cc2cc(OCCCOc3cc4cc(C(=O)N(C)CCC(=O)OCC)sc4cc3O)c(OC)cc2s1. The molecule has 11 nitrogen and oxygen atoms in total. The number of methoxy groups -OCH3 is 1. The van der Waals surface area contributed by atoms with E-state index in [0.29, 0.717) is 40.9 Å². The van der Waals surface area contributed by atoms with Gasteiger partial charge >= 0.3 is 11.9 Å². The molecule has 2 aromatic heterocycles. The molecule has 1 N–H and O–H groups in total. The van der Waals surface area contributed by atoms with Crippen molar-refractivity contribution in [3.63, 3.8) is 0 Å². The highest BCUT2D eigenvalue weighted by Gasteiger charge is 2.19. The number of hydrogen-bond donors (Lipinski definition) is 1. The van der Waals surface area contributed by atoms with E-state index in [1.165, 1.54) is 27.6 Å². The molecular weight excluding hydrogens is 634 g/mol. The number of phenols is 1. The number of esters is 2. The number of Topliss-reactive ketones (excluding diaryl/α,β-unsaturated/α-hetero) is 1. The summed E-state index contributed by atoms with van der Waals surface area (Å²) in [5.41, 5.74) is 0. The van der Waals surface area contributed by atoms with Gasteiger partial charge in [-0.1, -0.05) is 0 Å². The van der Waals surface area contributed by atoms with Crippen LogP contribution in [0.25, 0.3) is 20.2 Å². The molecule has 0 aliphatic carbocycles. The van der Waals surface area contributed by atoms with Gasteiger partial charge in [0.25, 0.3) is 5.91 Å².